The minimum Gasteiger partial charge on any atom is -0.481 e. The van der Waals surface area contributed by atoms with Crippen molar-refractivity contribution in [2.75, 3.05) is 20.2 Å². The molecule has 0 rings (SSSR count). The Bertz CT molecular complexity index is 692. The summed E-state index contributed by atoms with van der Waals surface area (Å²) in [7, 11) is 0. The van der Waals surface area contributed by atoms with Crippen LogP contribution in [0.5, 0.6) is 0 Å². The first kappa shape index (κ1) is 24.8. The lowest BCUT2D eigenvalue weighted by Gasteiger charge is -2.20. The number of rotatable bonds is 13. The lowest BCUT2D eigenvalue weighted by atomic mass is 9.88. The molecule has 0 heterocycles. The molecule has 0 aliphatic heterocycles. The van der Waals surface area contributed by atoms with Crippen molar-refractivity contribution < 1.29 is 77.4 Å². The van der Waals surface area contributed by atoms with Gasteiger partial charge in [0.25, 0.3) is 6.47 Å². The molecule has 16 heteroatoms. The van der Waals surface area contributed by atoms with Gasteiger partial charge in [0.1, 0.15) is 6.42 Å². The highest BCUT2D eigenvalue weighted by molar-refractivity contribution is 6.32. The van der Waals surface area contributed by atoms with Crippen LogP contribution in [0.4, 0.5) is 0 Å². The van der Waals surface area contributed by atoms with Gasteiger partial charge >= 0.3 is 47.2 Å². The van der Waals surface area contributed by atoms with Crippen molar-refractivity contribution >= 4 is 48.3 Å². The molecule has 0 saturated heterocycles. The topological polar surface area (TPSA) is 243 Å². The van der Waals surface area contributed by atoms with E-state index in [1.807, 2.05) is 0 Å². The fourth-order valence-electron chi connectivity index (χ4n) is 1.36. The number of esters is 4. The smallest absolute Gasteiger partial charge is 0.355 e. The summed E-state index contributed by atoms with van der Waals surface area (Å²) in [4.78, 5) is 88.4. The SMILES string of the molecule is O=COCC(=O)OCOC(=O)C(C(=O)O)(C(=O)O)C(=O)OCOC(=O)CC(=O)O. The number of ether oxygens (including phenoxy) is 5. The van der Waals surface area contributed by atoms with E-state index in [9.17, 15) is 38.4 Å². The van der Waals surface area contributed by atoms with Crippen LogP contribution in [0.3, 0.4) is 0 Å². The second-order valence-electron chi connectivity index (χ2n) is 4.47. The van der Waals surface area contributed by atoms with Crippen LogP contribution >= 0.6 is 0 Å². The molecule has 0 saturated carbocycles. The number of carbonyl (C=O) groups is 8. The lowest BCUT2D eigenvalue weighted by molar-refractivity contribution is -0.197. The maximum absolute atomic E-state index is 11.9. The van der Waals surface area contributed by atoms with E-state index in [-0.39, 0.29) is 6.47 Å². The van der Waals surface area contributed by atoms with E-state index in [0.29, 0.717) is 0 Å². The highest BCUT2D eigenvalue weighted by Crippen LogP contribution is 2.23. The minimum atomic E-state index is -4.00. The van der Waals surface area contributed by atoms with E-state index in [0.717, 1.165) is 0 Å². The summed E-state index contributed by atoms with van der Waals surface area (Å²) in [5.74, 6) is -13.9. The molecule has 0 atom stereocenters. The zero-order chi connectivity index (χ0) is 22.6. The van der Waals surface area contributed by atoms with Crippen LogP contribution in [-0.2, 0) is 62.0 Å². The highest BCUT2D eigenvalue weighted by Gasteiger charge is 2.64. The van der Waals surface area contributed by atoms with Crippen LogP contribution in [0.25, 0.3) is 0 Å². The van der Waals surface area contributed by atoms with Crippen LogP contribution in [0.2, 0.25) is 0 Å². The highest BCUT2D eigenvalue weighted by atomic mass is 16.7. The Kier molecular flexibility index (Phi) is 9.79. The summed E-state index contributed by atoms with van der Waals surface area (Å²) >= 11 is 0. The number of hydrogen-bond acceptors (Lipinski definition) is 13. The molecule has 0 fully saturated rings. The van der Waals surface area contributed by atoms with Crippen molar-refractivity contribution in [3.63, 3.8) is 0 Å². The third-order valence-corrected chi connectivity index (χ3v) is 2.64. The molecule has 0 aromatic rings. The molecule has 0 aromatic carbocycles. The molecule has 0 aliphatic carbocycles. The van der Waals surface area contributed by atoms with E-state index in [1.165, 1.54) is 0 Å². The van der Waals surface area contributed by atoms with Crippen LogP contribution < -0.4 is 0 Å². The predicted molar refractivity (Wildman–Crippen MR) is 76.1 cm³/mol. The maximum atomic E-state index is 11.9. The van der Waals surface area contributed by atoms with Gasteiger partial charge in [-0.3, -0.25) is 14.4 Å². The average molecular weight is 424 g/mol. The standard InChI is InChI=1S/C13H12O16/c14-3-25-2-8(18)27-5-29-12(24)13(9(19)20,10(21)22)11(23)28-4-26-7(17)1-6(15)16/h3H,1-2,4-5H2,(H,15,16)(H,19,20)(H,21,22). The van der Waals surface area contributed by atoms with E-state index in [1.54, 1.807) is 0 Å². The second-order valence-corrected chi connectivity index (χ2v) is 4.47. The third kappa shape index (κ3) is 7.12. The Morgan fingerprint density at radius 3 is 1.55 bits per heavy atom. The van der Waals surface area contributed by atoms with Crippen LogP contribution in [-0.4, -0.2) is 83.8 Å². The monoisotopic (exact) mass is 424 g/mol. The first-order chi connectivity index (χ1) is 13.5. The Morgan fingerprint density at radius 1 is 0.724 bits per heavy atom. The van der Waals surface area contributed by atoms with Gasteiger partial charge in [0.05, 0.1) is 0 Å². The Labute approximate surface area is 158 Å². The molecule has 29 heavy (non-hydrogen) atoms. The van der Waals surface area contributed by atoms with Gasteiger partial charge in [-0.05, 0) is 0 Å². The molecule has 0 aromatic heterocycles. The van der Waals surface area contributed by atoms with Gasteiger partial charge in [-0.25, -0.2) is 24.0 Å². The summed E-state index contributed by atoms with van der Waals surface area (Å²) in [6, 6.07) is 0. The number of aliphatic carboxylic acids is 3. The van der Waals surface area contributed by atoms with Gasteiger partial charge in [0, 0.05) is 0 Å². The summed E-state index contributed by atoms with van der Waals surface area (Å²) in [5.41, 5.74) is -4.00. The van der Waals surface area contributed by atoms with Gasteiger partial charge in [0.2, 0.25) is 13.6 Å². The van der Waals surface area contributed by atoms with Crippen molar-refractivity contribution in [3.05, 3.63) is 0 Å². The molecule has 0 aliphatic rings. The molecule has 0 bridgehead atoms. The molecule has 0 spiro atoms. The average Bonchev–Trinajstić information content (AvgIpc) is 2.59. The lowest BCUT2D eigenvalue weighted by Crippen LogP contribution is -2.54. The molecular weight excluding hydrogens is 412 g/mol. The Hall–Kier alpha value is -4.24. The van der Waals surface area contributed by atoms with E-state index in [2.05, 4.69) is 23.7 Å². The van der Waals surface area contributed by atoms with E-state index >= 15 is 0 Å². The molecule has 0 unspecified atom stereocenters. The van der Waals surface area contributed by atoms with Crippen molar-refractivity contribution in [3.8, 4) is 0 Å². The summed E-state index contributed by atoms with van der Waals surface area (Å²) in [6.07, 6.45) is -1.15. The molecule has 160 valence electrons. The molecule has 0 amide bonds. The molecule has 3 N–H and O–H groups in total. The number of carboxylic acids is 3. The zero-order valence-electron chi connectivity index (χ0n) is 14.1. The van der Waals surface area contributed by atoms with E-state index in [4.69, 9.17) is 15.3 Å². The fourth-order valence-corrected chi connectivity index (χ4v) is 1.36. The van der Waals surface area contributed by atoms with Gasteiger partial charge < -0.3 is 39.0 Å². The Balaban J connectivity index is 5.12. The number of carbonyl (C=O) groups excluding carboxylic acids is 5. The minimum absolute atomic E-state index is 0.119. The number of carboxylic acid groups (broad SMARTS) is 3. The van der Waals surface area contributed by atoms with Gasteiger partial charge in [-0.15, -0.1) is 0 Å². The van der Waals surface area contributed by atoms with Crippen molar-refractivity contribution in [1.29, 1.82) is 0 Å². The molecule has 16 nitrogen and oxygen atoms in total. The molecule has 0 radical (unpaired) electrons. The van der Waals surface area contributed by atoms with Crippen molar-refractivity contribution in [2.24, 2.45) is 5.41 Å². The maximum Gasteiger partial charge on any atom is 0.355 e. The summed E-state index contributed by atoms with van der Waals surface area (Å²) in [6.45, 7) is -3.80. The largest absolute Gasteiger partial charge is 0.481 e. The Morgan fingerprint density at radius 2 is 1.17 bits per heavy atom. The summed E-state index contributed by atoms with van der Waals surface area (Å²) < 4.78 is 20.4. The van der Waals surface area contributed by atoms with Crippen LogP contribution in [0.1, 0.15) is 6.42 Å². The van der Waals surface area contributed by atoms with Gasteiger partial charge in [-0.2, -0.15) is 0 Å². The van der Waals surface area contributed by atoms with Gasteiger partial charge in [0.15, 0.2) is 6.61 Å². The van der Waals surface area contributed by atoms with Gasteiger partial charge in [-0.1, -0.05) is 0 Å². The molecular formula is C13H12O16. The second kappa shape index (κ2) is 11.5. The van der Waals surface area contributed by atoms with Crippen molar-refractivity contribution in [1.82, 2.24) is 0 Å². The predicted octanol–water partition coefficient (Wildman–Crippen LogP) is -3.12. The quantitative estimate of drug-likeness (QED) is 0.0869. The fraction of sp³-hybridized carbons (Fsp3) is 0.385. The first-order valence-electron chi connectivity index (χ1n) is 6.89. The van der Waals surface area contributed by atoms with Crippen LogP contribution in [0.15, 0.2) is 0 Å². The third-order valence-electron chi connectivity index (χ3n) is 2.64. The van der Waals surface area contributed by atoms with Crippen LogP contribution in [0, 0.1) is 5.41 Å². The number of hydrogen-bond donors (Lipinski definition) is 3. The van der Waals surface area contributed by atoms with E-state index < -0.39 is 73.8 Å². The normalized spacial score (nSPS) is 10.1. The first-order valence-corrected chi connectivity index (χ1v) is 6.89. The summed E-state index contributed by atoms with van der Waals surface area (Å²) in [5, 5.41) is 26.4. The zero-order valence-corrected chi connectivity index (χ0v) is 14.1. The van der Waals surface area contributed by atoms with Crippen molar-refractivity contribution in [2.45, 2.75) is 6.42 Å².